The van der Waals surface area contributed by atoms with Crippen molar-refractivity contribution in [1.29, 1.82) is 0 Å². The SMILES string of the molecule is CC(C)(OC(=O)N[C@@](C)(Cc1c[nH]c2ccccc12)C(=O)O)C(F)(F)F. The lowest BCUT2D eigenvalue weighted by Crippen LogP contribution is -2.56. The third kappa shape index (κ3) is 3.92. The van der Waals surface area contributed by atoms with Gasteiger partial charge in [-0.05, 0) is 32.4 Å². The Morgan fingerprint density at radius 1 is 1.19 bits per heavy atom. The van der Waals surface area contributed by atoms with Crippen LogP contribution in [0.1, 0.15) is 26.3 Å². The number of halogens is 3. The van der Waals surface area contributed by atoms with Crippen LogP contribution >= 0.6 is 0 Å². The Morgan fingerprint density at radius 3 is 2.38 bits per heavy atom. The van der Waals surface area contributed by atoms with E-state index < -0.39 is 29.4 Å². The van der Waals surface area contributed by atoms with E-state index in [1.165, 1.54) is 6.92 Å². The van der Waals surface area contributed by atoms with Crippen molar-refractivity contribution in [2.45, 2.75) is 44.5 Å². The molecule has 0 fully saturated rings. The number of alkyl halides is 3. The Balaban J connectivity index is 2.22. The second-order valence-corrected chi connectivity index (χ2v) is 6.70. The molecule has 6 nitrogen and oxygen atoms in total. The van der Waals surface area contributed by atoms with E-state index in [0.29, 0.717) is 19.4 Å². The predicted octanol–water partition coefficient (Wildman–Crippen LogP) is 3.62. The number of amides is 1. The normalized spacial score (nSPS) is 14.7. The molecule has 9 heteroatoms. The third-order valence-corrected chi connectivity index (χ3v) is 4.10. The quantitative estimate of drug-likeness (QED) is 0.748. The molecule has 1 aromatic heterocycles. The van der Waals surface area contributed by atoms with Gasteiger partial charge in [-0.25, -0.2) is 9.59 Å². The first-order chi connectivity index (χ1) is 11.9. The van der Waals surface area contributed by atoms with Crippen LogP contribution in [0.15, 0.2) is 30.5 Å². The molecule has 0 aliphatic rings. The van der Waals surface area contributed by atoms with Gasteiger partial charge in [-0.1, -0.05) is 18.2 Å². The van der Waals surface area contributed by atoms with E-state index >= 15 is 0 Å². The number of hydrogen-bond acceptors (Lipinski definition) is 3. The number of rotatable bonds is 5. The van der Waals surface area contributed by atoms with Gasteiger partial charge in [0, 0.05) is 23.5 Å². The third-order valence-electron chi connectivity index (χ3n) is 4.10. The largest absolute Gasteiger partial charge is 0.480 e. The summed E-state index contributed by atoms with van der Waals surface area (Å²) < 4.78 is 42.9. The molecule has 0 radical (unpaired) electrons. The van der Waals surface area contributed by atoms with E-state index in [2.05, 4.69) is 9.72 Å². The zero-order valence-electron chi connectivity index (χ0n) is 14.4. The number of alkyl carbamates (subject to hydrolysis) is 1. The number of ether oxygens (including phenoxy) is 1. The standard InChI is InChI=1S/C17H19F3N2O4/c1-15(2,17(18,19)20)26-14(25)22-16(3,13(23)24)8-10-9-21-12-7-5-4-6-11(10)12/h4-7,9,21H,8H2,1-3H3,(H,22,25)(H,23,24)/t16-/m0/s1. The Kier molecular flexibility index (Phi) is 4.94. The first kappa shape index (κ1) is 19.6. The van der Waals surface area contributed by atoms with Crippen LogP contribution in [-0.2, 0) is 16.0 Å². The summed E-state index contributed by atoms with van der Waals surface area (Å²) in [6.45, 7) is 2.58. The van der Waals surface area contributed by atoms with Crippen molar-refractivity contribution in [3.8, 4) is 0 Å². The van der Waals surface area contributed by atoms with Crippen molar-refractivity contribution in [3.63, 3.8) is 0 Å². The Morgan fingerprint density at radius 2 is 1.81 bits per heavy atom. The van der Waals surface area contributed by atoms with E-state index in [1.54, 1.807) is 30.5 Å². The van der Waals surface area contributed by atoms with Crippen LogP contribution in [0, 0.1) is 0 Å². The number of carboxylic acid groups (broad SMARTS) is 1. The molecule has 0 aliphatic heterocycles. The zero-order chi connectivity index (χ0) is 19.8. The van der Waals surface area contributed by atoms with Gasteiger partial charge in [-0.2, -0.15) is 13.2 Å². The second-order valence-electron chi connectivity index (χ2n) is 6.70. The summed E-state index contributed by atoms with van der Waals surface area (Å²) >= 11 is 0. The number of benzene rings is 1. The summed E-state index contributed by atoms with van der Waals surface area (Å²) in [7, 11) is 0. The number of H-pyrrole nitrogens is 1. The molecule has 2 aromatic rings. The fraction of sp³-hybridized carbons (Fsp3) is 0.412. The average molecular weight is 372 g/mol. The predicted molar refractivity (Wildman–Crippen MR) is 87.8 cm³/mol. The van der Waals surface area contributed by atoms with E-state index in [1.807, 2.05) is 5.32 Å². The lowest BCUT2D eigenvalue weighted by atomic mass is 9.93. The summed E-state index contributed by atoms with van der Waals surface area (Å²) in [5.74, 6) is -1.40. The molecular formula is C17H19F3N2O4. The summed E-state index contributed by atoms with van der Waals surface area (Å²) in [6.07, 6.45) is -4.80. The van der Waals surface area contributed by atoms with Crippen LogP contribution in [0.2, 0.25) is 0 Å². The van der Waals surface area contributed by atoms with Crippen molar-refractivity contribution in [1.82, 2.24) is 10.3 Å². The van der Waals surface area contributed by atoms with Crippen LogP contribution in [0.4, 0.5) is 18.0 Å². The van der Waals surface area contributed by atoms with Gasteiger partial charge >= 0.3 is 18.2 Å². The lowest BCUT2D eigenvalue weighted by Gasteiger charge is -2.31. The minimum absolute atomic E-state index is 0.145. The molecule has 1 aromatic carbocycles. The van der Waals surface area contributed by atoms with Gasteiger partial charge in [0.25, 0.3) is 0 Å². The maximum absolute atomic E-state index is 12.8. The van der Waals surface area contributed by atoms with Gasteiger partial charge in [-0.15, -0.1) is 0 Å². The monoisotopic (exact) mass is 372 g/mol. The molecule has 0 spiro atoms. The van der Waals surface area contributed by atoms with Crippen LogP contribution in [0.3, 0.4) is 0 Å². The topological polar surface area (TPSA) is 91.4 Å². The van der Waals surface area contributed by atoms with Crippen LogP contribution in [0.25, 0.3) is 10.9 Å². The van der Waals surface area contributed by atoms with Crippen LogP contribution in [0.5, 0.6) is 0 Å². The highest BCUT2D eigenvalue weighted by molar-refractivity contribution is 5.87. The number of carboxylic acids is 1. The number of aliphatic carboxylic acids is 1. The van der Waals surface area contributed by atoms with Gasteiger partial charge < -0.3 is 20.1 Å². The van der Waals surface area contributed by atoms with E-state index in [4.69, 9.17) is 0 Å². The fourth-order valence-electron chi connectivity index (χ4n) is 2.37. The van der Waals surface area contributed by atoms with Gasteiger partial charge in [0.05, 0.1) is 0 Å². The first-order valence-corrected chi connectivity index (χ1v) is 7.72. The van der Waals surface area contributed by atoms with Crippen LogP contribution < -0.4 is 5.32 Å². The van der Waals surface area contributed by atoms with E-state index in [0.717, 1.165) is 10.9 Å². The highest BCUT2D eigenvalue weighted by Gasteiger charge is 2.51. The van der Waals surface area contributed by atoms with Crippen molar-refractivity contribution in [3.05, 3.63) is 36.0 Å². The molecule has 3 N–H and O–H groups in total. The van der Waals surface area contributed by atoms with Crippen molar-refractivity contribution >= 4 is 23.0 Å². The molecule has 1 amide bonds. The smallest absolute Gasteiger partial charge is 0.427 e. The molecule has 142 valence electrons. The Labute approximate surface area is 147 Å². The van der Waals surface area contributed by atoms with Gasteiger partial charge in [0.1, 0.15) is 5.54 Å². The van der Waals surface area contributed by atoms with Crippen molar-refractivity contribution < 1.29 is 32.6 Å². The highest BCUT2D eigenvalue weighted by Crippen LogP contribution is 2.33. The minimum Gasteiger partial charge on any atom is -0.480 e. The number of carbonyl (C=O) groups is 2. The second kappa shape index (κ2) is 6.54. The van der Waals surface area contributed by atoms with E-state index in [-0.39, 0.29) is 6.42 Å². The molecule has 1 atom stereocenters. The summed E-state index contributed by atoms with van der Waals surface area (Å²) in [4.78, 5) is 26.6. The number of nitrogens with one attached hydrogen (secondary N) is 2. The number of aromatic amines is 1. The van der Waals surface area contributed by atoms with Crippen molar-refractivity contribution in [2.24, 2.45) is 0 Å². The van der Waals surface area contributed by atoms with Gasteiger partial charge in [0.15, 0.2) is 0 Å². The molecular weight excluding hydrogens is 353 g/mol. The number of fused-ring (bicyclic) bond motifs is 1. The zero-order valence-corrected chi connectivity index (χ0v) is 14.4. The lowest BCUT2D eigenvalue weighted by molar-refractivity contribution is -0.244. The molecule has 0 saturated heterocycles. The summed E-state index contributed by atoms with van der Waals surface area (Å²) in [6, 6.07) is 7.14. The Bertz CT molecular complexity index is 829. The highest BCUT2D eigenvalue weighted by atomic mass is 19.4. The summed E-state index contributed by atoms with van der Waals surface area (Å²) in [5.41, 5.74) is -3.24. The first-order valence-electron chi connectivity index (χ1n) is 7.72. The fourth-order valence-corrected chi connectivity index (χ4v) is 2.37. The molecule has 2 rings (SSSR count). The molecule has 26 heavy (non-hydrogen) atoms. The van der Waals surface area contributed by atoms with E-state index in [9.17, 15) is 27.9 Å². The van der Waals surface area contributed by atoms with Crippen LogP contribution in [-0.4, -0.2) is 39.5 Å². The molecule has 0 saturated carbocycles. The maximum Gasteiger partial charge on any atom is 0.427 e. The van der Waals surface area contributed by atoms with Crippen molar-refractivity contribution in [2.75, 3.05) is 0 Å². The average Bonchev–Trinajstić information content (AvgIpc) is 2.88. The number of para-hydroxylation sites is 1. The maximum atomic E-state index is 12.8. The summed E-state index contributed by atoms with van der Waals surface area (Å²) in [5, 5.41) is 12.3. The van der Waals surface area contributed by atoms with Gasteiger partial charge in [-0.3, -0.25) is 0 Å². The molecule has 0 bridgehead atoms. The molecule has 0 aliphatic carbocycles. The Hall–Kier alpha value is -2.71. The number of aromatic nitrogens is 1. The number of carbonyl (C=O) groups excluding carboxylic acids is 1. The van der Waals surface area contributed by atoms with Gasteiger partial charge in [0.2, 0.25) is 5.60 Å². The molecule has 1 heterocycles. The minimum atomic E-state index is -4.79. The number of hydrogen-bond donors (Lipinski definition) is 3. The molecule has 0 unspecified atom stereocenters.